The van der Waals surface area contributed by atoms with E-state index in [2.05, 4.69) is 15.5 Å². The normalized spacial score (nSPS) is 11.7. The van der Waals surface area contributed by atoms with Crippen LogP contribution in [-0.4, -0.2) is 25.5 Å². The summed E-state index contributed by atoms with van der Waals surface area (Å²) in [5.41, 5.74) is -0.338. The van der Waals surface area contributed by atoms with Crippen LogP contribution in [0.2, 0.25) is 5.02 Å². The van der Waals surface area contributed by atoms with E-state index in [9.17, 15) is 18.0 Å². The first-order valence-electron chi connectivity index (χ1n) is 6.24. The summed E-state index contributed by atoms with van der Waals surface area (Å²) in [5.74, 6) is -0.475. The van der Waals surface area contributed by atoms with Crippen LogP contribution >= 0.6 is 11.6 Å². The highest BCUT2D eigenvalue weighted by atomic mass is 35.5. The van der Waals surface area contributed by atoms with Crippen molar-refractivity contribution in [2.24, 2.45) is 7.05 Å². The molecule has 0 aromatic carbocycles. The summed E-state index contributed by atoms with van der Waals surface area (Å²) in [6.07, 6.45) is -3.08. The second-order valence-corrected chi connectivity index (χ2v) is 5.00. The van der Waals surface area contributed by atoms with Crippen molar-refractivity contribution >= 4 is 17.5 Å². The maximum absolute atomic E-state index is 12.7. The summed E-state index contributed by atoms with van der Waals surface area (Å²) in [5, 5.41) is 9.39. The fraction of sp³-hybridized carbons (Fsp3) is 0.417. The number of nitrogens with zero attached hydrogens (tertiary/aromatic N) is 4. The van der Waals surface area contributed by atoms with E-state index in [-0.39, 0.29) is 18.8 Å². The Hall–Kier alpha value is -2.03. The van der Waals surface area contributed by atoms with Gasteiger partial charge in [0, 0.05) is 13.2 Å². The number of amides is 1. The van der Waals surface area contributed by atoms with Gasteiger partial charge in [-0.3, -0.25) is 14.2 Å². The van der Waals surface area contributed by atoms with Crippen molar-refractivity contribution in [3.05, 3.63) is 34.4 Å². The Morgan fingerprint density at radius 2 is 2.14 bits per heavy atom. The van der Waals surface area contributed by atoms with Crippen LogP contribution in [0, 0.1) is 6.92 Å². The van der Waals surface area contributed by atoms with E-state index in [1.54, 1.807) is 24.0 Å². The third-order valence-electron chi connectivity index (χ3n) is 3.08. The predicted octanol–water partition coefficient (Wildman–Crippen LogP) is 1.91. The summed E-state index contributed by atoms with van der Waals surface area (Å²) in [4.78, 5) is 11.8. The molecule has 0 fully saturated rings. The lowest BCUT2D eigenvalue weighted by Crippen LogP contribution is -2.28. The number of rotatable bonds is 4. The van der Waals surface area contributed by atoms with Crippen LogP contribution in [0.5, 0.6) is 0 Å². The molecule has 10 heteroatoms. The van der Waals surface area contributed by atoms with E-state index in [4.69, 9.17) is 11.6 Å². The molecule has 0 spiro atoms. The Balaban J connectivity index is 2.04. The van der Waals surface area contributed by atoms with Crippen LogP contribution in [0.15, 0.2) is 12.3 Å². The van der Waals surface area contributed by atoms with Crippen molar-refractivity contribution in [3.8, 4) is 0 Å². The molecule has 2 aromatic heterocycles. The van der Waals surface area contributed by atoms with E-state index in [1.165, 1.54) is 6.92 Å². The lowest BCUT2D eigenvalue weighted by atomic mass is 10.3. The smallest absolute Gasteiger partial charge is 0.349 e. The van der Waals surface area contributed by atoms with Crippen LogP contribution in [0.3, 0.4) is 0 Å². The number of nitrogens with one attached hydrogen (secondary N) is 1. The van der Waals surface area contributed by atoms with Gasteiger partial charge in [0.1, 0.15) is 6.54 Å². The molecule has 0 unspecified atom stereocenters. The molecule has 2 aromatic rings. The first-order chi connectivity index (χ1) is 10.2. The van der Waals surface area contributed by atoms with E-state index in [0.717, 1.165) is 10.4 Å². The SMILES string of the molecule is Cc1c(Cl)c(C(F)(F)F)nn1CC(=O)NCc1ccnn1C. The minimum Gasteiger partial charge on any atom is -0.349 e. The topological polar surface area (TPSA) is 64.7 Å². The first-order valence-corrected chi connectivity index (χ1v) is 6.61. The lowest BCUT2D eigenvalue weighted by molar-refractivity contribution is -0.141. The highest BCUT2D eigenvalue weighted by Crippen LogP contribution is 2.35. The molecule has 1 amide bonds. The zero-order chi connectivity index (χ0) is 16.5. The van der Waals surface area contributed by atoms with Gasteiger partial charge < -0.3 is 5.32 Å². The third kappa shape index (κ3) is 3.41. The van der Waals surface area contributed by atoms with E-state index < -0.39 is 22.8 Å². The van der Waals surface area contributed by atoms with Gasteiger partial charge in [-0.15, -0.1) is 0 Å². The lowest BCUT2D eigenvalue weighted by Gasteiger charge is -2.07. The second kappa shape index (κ2) is 5.99. The van der Waals surface area contributed by atoms with Gasteiger partial charge in [-0.25, -0.2) is 0 Å². The average molecular weight is 336 g/mol. The zero-order valence-electron chi connectivity index (χ0n) is 11.8. The van der Waals surface area contributed by atoms with Crippen molar-refractivity contribution in [1.82, 2.24) is 24.9 Å². The highest BCUT2D eigenvalue weighted by molar-refractivity contribution is 6.32. The molecule has 0 bridgehead atoms. The summed E-state index contributed by atoms with van der Waals surface area (Å²) in [6, 6.07) is 1.72. The van der Waals surface area contributed by atoms with Crippen LogP contribution in [0.1, 0.15) is 17.1 Å². The Bertz CT molecular complexity index is 691. The van der Waals surface area contributed by atoms with Gasteiger partial charge in [0.25, 0.3) is 0 Å². The van der Waals surface area contributed by atoms with Crippen molar-refractivity contribution < 1.29 is 18.0 Å². The maximum atomic E-state index is 12.7. The van der Waals surface area contributed by atoms with E-state index in [1.807, 2.05) is 0 Å². The number of hydrogen-bond donors (Lipinski definition) is 1. The quantitative estimate of drug-likeness (QED) is 0.928. The Kier molecular flexibility index (Phi) is 4.45. The summed E-state index contributed by atoms with van der Waals surface area (Å²) < 4.78 is 40.6. The molecule has 0 radical (unpaired) electrons. The summed E-state index contributed by atoms with van der Waals surface area (Å²) >= 11 is 5.61. The molecule has 0 atom stereocenters. The molecule has 22 heavy (non-hydrogen) atoms. The van der Waals surface area contributed by atoms with Gasteiger partial charge >= 0.3 is 6.18 Å². The number of alkyl halides is 3. The summed E-state index contributed by atoms with van der Waals surface area (Å²) in [6.45, 7) is 1.24. The van der Waals surface area contributed by atoms with Gasteiger partial charge in [0.15, 0.2) is 5.69 Å². The summed E-state index contributed by atoms with van der Waals surface area (Å²) in [7, 11) is 1.72. The highest BCUT2D eigenvalue weighted by Gasteiger charge is 2.38. The van der Waals surface area contributed by atoms with Gasteiger partial charge in [-0.05, 0) is 13.0 Å². The molecular weight excluding hydrogens is 323 g/mol. The van der Waals surface area contributed by atoms with Gasteiger partial charge in [-0.2, -0.15) is 23.4 Å². The Labute approximate surface area is 128 Å². The number of carbonyl (C=O) groups is 1. The molecule has 6 nitrogen and oxygen atoms in total. The monoisotopic (exact) mass is 335 g/mol. The fourth-order valence-electron chi connectivity index (χ4n) is 1.82. The number of hydrogen-bond acceptors (Lipinski definition) is 3. The molecule has 0 aliphatic rings. The minimum atomic E-state index is -4.65. The van der Waals surface area contributed by atoms with Gasteiger partial charge in [-0.1, -0.05) is 11.6 Å². The average Bonchev–Trinajstić information content (AvgIpc) is 2.94. The van der Waals surface area contributed by atoms with Crippen LogP contribution in [-0.2, 0) is 31.1 Å². The van der Waals surface area contributed by atoms with Crippen LogP contribution in [0.4, 0.5) is 13.2 Å². The number of carbonyl (C=O) groups excluding carboxylic acids is 1. The number of aryl methyl sites for hydroxylation is 1. The molecule has 0 saturated heterocycles. The van der Waals surface area contributed by atoms with Crippen LogP contribution < -0.4 is 5.32 Å². The van der Waals surface area contributed by atoms with E-state index in [0.29, 0.717) is 0 Å². The van der Waals surface area contributed by atoms with Crippen molar-refractivity contribution in [2.45, 2.75) is 26.2 Å². The predicted molar refractivity (Wildman–Crippen MR) is 72.0 cm³/mol. The Morgan fingerprint density at radius 3 is 2.64 bits per heavy atom. The standard InChI is InChI=1S/C12H13ClF3N5O/c1-7-10(13)11(12(14,15)16)19-21(7)6-9(22)17-5-8-3-4-18-20(8)2/h3-4H,5-6H2,1-2H3,(H,17,22). The van der Waals surface area contributed by atoms with Crippen molar-refractivity contribution in [1.29, 1.82) is 0 Å². The molecule has 1 N–H and O–H groups in total. The Morgan fingerprint density at radius 1 is 1.45 bits per heavy atom. The van der Waals surface area contributed by atoms with Crippen LogP contribution in [0.25, 0.3) is 0 Å². The van der Waals surface area contributed by atoms with Gasteiger partial charge in [0.2, 0.25) is 5.91 Å². The molecule has 120 valence electrons. The molecule has 2 heterocycles. The van der Waals surface area contributed by atoms with Gasteiger partial charge in [0.05, 0.1) is 23.0 Å². The number of halogens is 4. The van der Waals surface area contributed by atoms with E-state index >= 15 is 0 Å². The molecule has 2 rings (SSSR count). The zero-order valence-corrected chi connectivity index (χ0v) is 12.5. The third-order valence-corrected chi connectivity index (χ3v) is 3.54. The first kappa shape index (κ1) is 16.3. The molecule has 0 aliphatic carbocycles. The van der Waals surface area contributed by atoms with Crippen molar-refractivity contribution in [2.75, 3.05) is 0 Å². The number of aromatic nitrogens is 4. The fourth-order valence-corrected chi connectivity index (χ4v) is 2.06. The molecule has 0 saturated carbocycles. The second-order valence-electron chi connectivity index (χ2n) is 4.63. The molecular formula is C12H13ClF3N5O. The van der Waals surface area contributed by atoms with Crippen molar-refractivity contribution in [3.63, 3.8) is 0 Å². The molecule has 0 aliphatic heterocycles. The largest absolute Gasteiger partial charge is 0.436 e. The minimum absolute atomic E-state index is 0.0877. The maximum Gasteiger partial charge on any atom is 0.436 e.